The molecule has 2 amide bonds. The van der Waals surface area contributed by atoms with Gasteiger partial charge in [-0.05, 0) is 67.3 Å². The number of halogens is 3. The van der Waals surface area contributed by atoms with Gasteiger partial charge in [0.2, 0.25) is 5.91 Å². The molecule has 4 rings (SSSR count). The van der Waals surface area contributed by atoms with Crippen molar-refractivity contribution in [3.05, 3.63) is 47.9 Å². The average Bonchev–Trinajstić information content (AvgIpc) is 3.40. The number of benzene rings is 1. The average molecular weight is 406 g/mol. The van der Waals surface area contributed by atoms with Crippen LogP contribution in [-0.2, 0) is 11.0 Å². The van der Waals surface area contributed by atoms with Crippen LogP contribution in [0.2, 0.25) is 0 Å². The maximum absolute atomic E-state index is 13.5. The van der Waals surface area contributed by atoms with Gasteiger partial charge in [-0.2, -0.15) is 13.2 Å². The van der Waals surface area contributed by atoms with Gasteiger partial charge in [-0.3, -0.25) is 9.59 Å². The van der Waals surface area contributed by atoms with Crippen LogP contribution in [0.3, 0.4) is 0 Å². The van der Waals surface area contributed by atoms with Gasteiger partial charge in [-0.1, -0.05) is 6.42 Å². The monoisotopic (exact) mass is 406 g/mol. The maximum Gasteiger partial charge on any atom is 0.418 e. The highest BCUT2D eigenvalue weighted by atomic mass is 19.4. The normalized spacial score (nSPS) is 23.2. The van der Waals surface area contributed by atoms with Gasteiger partial charge in [0.05, 0.1) is 17.5 Å². The van der Waals surface area contributed by atoms with E-state index >= 15 is 0 Å². The third-order valence-corrected chi connectivity index (χ3v) is 5.93. The van der Waals surface area contributed by atoms with E-state index in [0.29, 0.717) is 11.8 Å². The van der Waals surface area contributed by atoms with E-state index in [9.17, 15) is 22.8 Å². The molecule has 1 aromatic heterocycles. The van der Waals surface area contributed by atoms with E-state index in [1.165, 1.54) is 36.9 Å². The Kier molecular flexibility index (Phi) is 5.10. The first-order chi connectivity index (χ1) is 13.8. The zero-order valence-corrected chi connectivity index (χ0v) is 15.6. The summed E-state index contributed by atoms with van der Waals surface area (Å²) in [5.41, 5.74) is -1.34. The Balaban J connectivity index is 1.47. The highest BCUT2D eigenvalue weighted by molar-refractivity contribution is 6.02. The molecule has 2 saturated carbocycles. The highest BCUT2D eigenvalue weighted by Gasteiger charge is 2.40. The molecule has 2 bridgehead atoms. The zero-order valence-electron chi connectivity index (χ0n) is 15.6. The molecule has 0 unspecified atom stereocenters. The van der Waals surface area contributed by atoms with Crippen LogP contribution in [0.4, 0.5) is 24.5 Å². The second kappa shape index (κ2) is 7.57. The predicted octanol–water partition coefficient (Wildman–Crippen LogP) is 5.32. The van der Waals surface area contributed by atoms with Crippen LogP contribution in [-0.4, -0.2) is 11.8 Å². The number of carbonyl (C=O) groups excluding carboxylic acids is 2. The number of anilines is 2. The number of carbonyl (C=O) groups is 2. The van der Waals surface area contributed by atoms with E-state index < -0.39 is 23.6 Å². The van der Waals surface area contributed by atoms with Crippen LogP contribution in [0.15, 0.2) is 41.0 Å². The third-order valence-electron chi connectivity index (χ3n) is 5.93. The minimum Gasteiger partial charge on any atom is -0.459 e. The molecule has 5 nitrogen and oxygen atoms in total. The van der Waals surface area contributed by atoms with Crippen molar-refractivity contribution >= 4 is 23.2 Å². The second-order valence-electron chi connectivity index (χ2n) is 7.88. The smallest absolute Gasteiger partial charge is 0.418 e. The Labute approximate surface area is 165 Å². The molecule has 2 aliphatic rings. The largest absolute Gasteiger partial charge is 0.459 e. The maximum atomic E-state index is 13.5. The Bertz CT molecular complexity index is 908. The standard InChI is InChI=1S/C21H21F3N2O3/c22-21(23,24)16-11-15(25-20(28)18-2-1-7-29-18)5-6-17(16)26-19(27)10-14-9-12-3-4-13(14)8-12/h1-2,5-7,11-14H,3-4,8-10H2,(H,25,28)(H,26,27)/t12-,13-,14-/m0/s1. The van der Waals surface area contributed by atoms with Crippen LogP contribution in [0, 0.1) is 17.8 Å². The number of amides is 2. The van der Waals surface area contributed by atoms with Gasteiger partial charge < -0.3 is 15.1 Å². The molecule has 0 spiro atoms. The molecule has 2 aliphatic carbocycles. The minimum absolute atomic E-state index is 0.0122. The van der Waals surface area contributed by atoms with Gasteiger partial charge in [0.15, 0.2) is 5.76 Å². The number of fused-ring (bicyclic) bond motifs is 2. The lowest BCUT2D eigenvalue weighted by molar-refractivity contribution is -0.136. The lowest BCUT2D eigenvalue weighted by Crippen LogP contribution is -2.22. The first-order valence-electron chi connectivity index (χ1n) is 9.65. The molecule has 2 fully saturated rings. The van der Waals surface area contributed by atoms with E-state index in [1.54, 1.807) is 0 Å². The van der Waals surface area contributed by atoms with Crippen molar-refractivity contribution in [1.82, 2.24) is 0 Å². The SMILES string of the molecule is O=C(C[C@@H]1C[C@H]2CC[C@H]1C2)Nc1ccc(NC(=O)c2ccco2)cc1C(F)(F)F. The fraction of sp³-hybridized carbons (Fsp3) is 0.429. The number of nitrogens with one attached hydrogen (secondary N) is 2. The Hall–Kier alpha value is -2.77. The van der Waals surface area contributed by atoms with Gasteiger partial charge in [-0.15, -0.1) is 0 Å². The van der Waals surface area contributed by atoms with Crippen molar-refractivity contribution in [3.63, 3.8) is 0 Å². The van der Waals surface area contributed by atoms with Gasteiger partial charge in [0.25, 0.3) is 5.91 Å². The zero-order chi connectivity index (χ0) is 20.6. The lowest BCUT2D eigenvalue weighted by atomic mass is 9.86. The molecule has 2 aromatic rings. The fourth-order valence-electron chi connectivity index (χ4n) is 4.63. The Morgan fingerprint density at radius 2 is 1.93 bits per heavy atom. The van der Waals surface area contributed by atoms with Gasteiger partial charge in [-0.25, -0.2) is 0 Å². The summed E-state index contributed by atoms with van der Waals surface area (Å²) >= 11 is 0. The fourth-order valence-corrected chi connectivity index (χ4v) is 4.63. The van der Waals surface area contributed by atoms with Gasteiger partial charge >= 0.3 is 6.18 Å². The molecule has 1 heterocycles. The van der Waals surface area contributed by atoms with Crippen molar-refractivity contribution in [2.24, 2.45) is 17.8 Å². The van der Waals surface area contributed by atoms with Crippen molar-refractivity contribution in [2.45, 2.75) is 38.3 Å². The first kappa shape index (κ1) is 19.5. The van der Waals surface area contributed by atoms with Crippen molar-refractivity contribution in [2.75, 3.05) is 10.6 Å². The molecule has 0 radical (unpaired) electrons. The Morgan fingerprint density at radius 3 is 2.55 bits per heavy atom. The molecular formula is C21H21F3N2O3. The quantitative estimate of drug-likeness (QED) is 0.706. The van der Waals surface area contributed by atoms with Crippen LogP contribution in [0.1, 0.15) is 48.2 Å². The van der Waals surface area contributed by atoms with E-state index in [0.717, 1.165) is 25.3 Å². The molecule has 3 atom stereocenters. The van der Waals surface area contributed by atoms with Gasteiger partial charge in [0.1, 0.15) is 0 Å². The summed E-state index contributed by atoms with van der Waals surface area (Å²) in [6.45, 7) is 0. The molecule has 0 saturated heterocycles. The van der Waals surface area contributed by atoms with Crippen LogP contribution in [0.5, 0.6) is 0 Å². The molecule has 1 aromatic carbocycles. The van der Waals surface area contributed by atoms with Crippen molar-refractivity contribution < 1.29 is 27.2 Å². The summed E-state index contributed by atoms with van der Waals surface area (Å²) in [5.74, 6) is 0.376. The molecule has 2 N–H and O–H groups in total. The van der Waals surface area contributed by atoms with Crippen LogP contribution in [0.25, 0.3) is 0 Å². The first-order valence-corrected chi connectivity index (χ1v) is 9.65. The summed E-state index contributed by atoms with van der Waals surface area (Å²) < 4.78 is 45.5. The molecule has 8 heteroatoms. The number of hydrogen-bond donors (Lipinski definition) is 2. The van der Waals surface area contributed by atoms with Crippen molar-refractivity contribution in [3.8, 4) is 0 Å². The lowest BCUT2D eigenvalue weighted by Gasteiger charge is -2.21. The summed E-state index contributed by atoms with van der Waals surface area (Å²) in [5, 5.41) is 4.79. The summed E-state index contributed by atoms with van der Waals surface area (Å²) in [6, 6.07) is 6.21. The van der Waals surface area contributed by atoms with E-state index in [2.05, 4.69) is 10.6 Å². The van der Waals surface area contributed by atoms with E-state index in [1.807, 2.05) is 0 Å². The minimum atomic E-state index is -4.68. The molecule has 154 valence electrons. The molecule has 29 heavy (non-hydrogen) atoms. The summed E-state index contributed by atoms with van der Waals surface area (Å²) in [7, 11) is 0. The number of hydrogen-bond acceptors (Lipinski definition) is 3. The van der Waals surface area contributed by atoms with Crippen LogP contribution >= 0.6 is 0 Å². The molecular weight excluding hydrogens is 385 g/mol. The summed E-state index contributed by atoms with van der Waals surface area (Å²) in [6.07, 6.45) is 1.30. The summed E-state index contributed by atoms with van der Waals surface area (Å²) in [4.78, 5) is 24.4. The third kappa shape index (κ3) is 4.31. The van der Waals surface area contributed by atoms with Gasteiger partial charge in [0, 0.05) is 12.1 Å². The number of rotatable bonds is 5. The van der Waals surface area contributed by atoms with Crippen LogP contribution < -0.4 is 10.6 Å². The number of furan rings is 1. The predicted molar refractivity (Wildman–Crippen MR) is 100 cm³/mol. The van der Waals surface area contributed by atoms with E-state index in [4.69, 9.17) is 4.42 Å². The molecule has 0 aliphatic heterocycles. The number of alkyl halides is 3. The van der Waals surface area contributed by atoms with Crippen molar-refractivity contribution in [1.29, 1.82) is 0 Å². The highest BCUT2D eigenvalue weighted by Crippen LogP contribution is 2.49. The second-order valence-corrected chi connectivity index (χ2v) is 7.88. The van der Waals surface area contributed by atoms with E-state index in [-0.39, 0.29) is 29.5 Å². The topological polar surface area (TPSA) is 71.3 Å². The Morgan fingerprint density at radius 1 is 1.10 bits per heavy atom.